The second kappa shape index (κ2) is 10.9. The number of benzene rings is 2. The van der Waals surface area contributed by atoms with Crippen LogP contribution in [0.3, 0.4) is 0 Å². The van der Waals surface area contributed by atoms with Crippen molar-refractivity contribution in [3.8, 4) is 5.75 Å². The highest BCUT2D eigenvalue weighted by atomic mass is 35.5. The van der Waals surface area contributed by atoms with Crippen LogP contribution in [0.15, 0.2) is 52.2 Å². The predicted molar refractivity (Wildman–Crippen MR) is 146 cm³/mol. The third kappa shape index (κ3) is 5.24. The van der Waals surface area contributed by atoms with Crippen LogP contribution < -0.4 is 16.2 Å². The third-order valence-corrected chi connectivity index (χ3v) is 7.64. The molecule has 1 aromatic heterocycles. The lowest BCUT2D eigenvalue weighted by Crippen LogP contribution is -2.46. The van der Waals surface area contributed by atoms with Crippen LogP contribution >= 0.6 is 11.6 Å². The number of halogens is 3. The SMILES string of the molecule is CC(=O)c1cn(CC(=O)N2C[C@H](F)C[C@H]2C(=O)NCc2cccc(Cl)c2F)c2cc(Cc3c(O)c(=O)c3=O)ccc12. The van der Waals surface area contributed by atoms with E-state index in [0.717, 1.165) is 4.90 Å². The number of carbonyl (C=O) groups excluding carboxylic acids is 3. The number of nitrogens with one attached hydrogen (secondary N) is 1. The summed E-state index contributed by atoms with van der Waals surface area (Å²) in [5.74, 6) is -2.74. The summed E-state index contributed by atoms with van der Waals surface area (Å²) in [4.78, 5) is 62.9. The van der Waals surface area contributed by atoms with E-state index in [4.69, 9.17) is 11.6 Å². The van der Waals surface area contributed by atoms with Gasteiger partial charge in [-0.25, -0.2) is 8.78 Å². The first-order valence-corrected chi connectivity index (χ1v) is 13.1. The number of alkyl halides is 1. The fourth-order valence-electron chi connectivity index (χ4n) is 5.18. The zero-order valence-corrected chi connectivity index (χ0v) is 22.5. The van der Waals surface area contributed by atoms with Crippen LogP contribution in [-0.4, -0.2) is 50.9 Å². The van der Waals surface area contributed by atoms with Gasteiger partial charge in [-0.2, -0.15) is 0 Å². The molecule has 0 unspecified atom stereocenters. The van der Waals surface area contributed by atoms with E-state index in [1.165, 1.54) is 35.9 Å². The molecule has 2 amide bonds. The van der Waals surface area contributed by atoms with E-state index in [-0.39, 0.29) is 54.4 Å². The Kier molecular flexibility index (Phi) is 7.48. The van der Waals surface area contributed by atoms with Gasteiger partial charge in [0, 0.05) is 47.6 Å². The zero-order chi connectivity index (χ0) is 29.6. The first-order valence-electron chi connectivity index (χ1n) is 12.7. The number of nitrogens with zero attached hydrogens (tertiary/aromatic N) is 2. The Morgan fingerprint density at radius 1 is 1.15 bits per heavy atom. The first kappa shape index (κ1) is 28.2. The smallest absolute Gasteiger partial charge is 0.267 e. The Morgan fingerprint density at radius 2 is 1.90 bits per heavy atom. The normalized spacial score (nSPS) is 16.9. The number of ketones is 1. The maximum Gasteiger partial charge on any atom is 0.267 e. The Labute approximate surface area is 236 Å². The molecule has 12 heteroatoms. The van der Waals surface area contributed by atoms with Crippen molar-refractivity contribution in [2.24, 2.45) is 0 Å². The lowest BCUT2D eigenvalue weighted by Gasteiger charge is -2.24. The average molecular weight is 584 g/mol. The van der Waals surface area contributed by atoms with Crippen LogP contribution in [0.2, 0.25) is 5.02 Å². The minimum absolute atomic E-state index is 0.0205. The van der Waals surface area contributed by atoms with E-state index >= 15 is 0 Å². The Bertz CT molecular complexity index is 1790. The van der Waals surface area contributed by atoms with Crippen LogP contribution in [-0.2, 0) is 29.1 Å². The van der Waals surface area contributed by atoms with Gasteiger partial charge in [0.05, 0.1) is 17.1 Å². The van der Waals surface area contributed by atoms with Gasteiger partial charge in [0.25, 0.3) is 5.43 Å². The largest absolute Gasteiger partial charge is 0.504 e. The molecule has 0 aliphatic carbocycles. The summed E-state index contributed by atoms with van der Waals surface area (Å²) in [6.45, 7) is 0.537. The zero-order valence-electron chi connectivity index (χ0n) is 21.7. The van der Waals surface area contributed by atoms with Crippen molar-refractivity contribution < 1.29 is 28.3 Å². The predicted octanol–water partition coefficient (Wildman–Crippen LogP) is 2.78. The third-order valence-electron chi connectivity index (χ3n) is 7.35. The maximum absolute atomic E-state index is 14.5. The van der Waals surface area contributed by atoms with Gasteiger partial charge in [0.1, 0.15) is 24.6 Å². The molecule has 9 nitrogen and oxygen atoms in total. The fraction of sp³-hybridized carbons (Fsp3) is 0.276. The van der Waals surface area contributed by atoms with Gasteiger partial charge in [0.2, 0.25) is 17.2 Å². The van der Waals surface area contributed by atoms with Crippen LogP contribution in [0.4, 0.5) is 8.78 Å². The molecule has 1 aliphatic rings. The fourth-order valence-corrected chi connectivity index (χ4v) is 5.38. The molecule has 0 saturated carbocycles. The summed E-state index contributed by atoms with van der Waals surface area (Å²) >= 11 is 5.79. The molecule has 2 N–H and O–H groups in total. The number of aromatic nitrogens is 1. The standard InChI is InChI=1S/C29H24ClF2N3O6/c1-14(36)20-12-34(22-8-15(5-6-18(20)22)7-19-26(38)28(40)27(19)39)13-24(37)35-11-17(31)9-23(35)29(41)33-10-16-3-2-4-21(30)25(16)32/h2-6,8,12,17,23,38H,7,9-11,13H2,1H3,(H,33,41)/t17-,23+/m1/s1. The average Bonchev–Trinajstić information content (AvgIpc) is 3.52. The minimum atomic E-state index is -1.44. The van der Waals surface area contributed by atoms with Gasteiger partial charge in [-0.05, 0) is 24.6 Å². The second-order valence-corrected chi connectivity index (χ2v) is 10.5. The van der Waals surface area contributed by atoms with E-state index in [1.54, 1.807) is 18.2 Å². The quantitative estimate of drug-likeness (QED) is 0.243. The molecule has 0 radical (unpaired) electrons. The topological polar surface area (TPSA) is 126 Å². The molecule has 4 aromatic rings. The summed E-state index contributed by atoms with van der Waals surface area (Å²) in [5.41, 5.74) is -0.240. The van der Waals surface area contributed by atoms with E-state index in [9.17, 15) is 37.9 Å². The number of Topliss-reactive ketones (excluding diaryl/α,β-unsaturated/α-hetero) is 1. The van der Waals surface area contributed by atoms with Crippen molar-refractivity contribution in [1.82, 2.24) is 14.8 Å². The second-order valence-electron chi connectivity index (χ2n) is 10.1. The van der Waals surface area contributed by atoms with E-state index < -0.39 is 46.5 Å². The number of carbonyl (C=O) groups is 3. The molecule has 0 bridgehead atoms. The highest BCUT2D eigenvalue weighted by molar-refractivity contribution is 6.30. The molecule has 1 saturated heterocycles. The summed E-state index contributed by atoms with van der Waals surface area (Å²) in [6, 6.07) is 8.15. The van der Waals surface area contributed by atoms with Crippen molar-refractivity contribution in [2.75, 3.05) is 6.54 Å². The molecular weight excluding hydrogens is 560 g/mol. The summed E-state index contributed by atoms with van der Waals surface area (Å²) in [6.07, 6.45) is -0.201. The number of likely N-dealkylation sites (tertiary alicyclic amines) is 1. The van der Waals surface area contributed by atoms with Gasteiger partial charge in [-0.3, -0.25) is 24.0 Å². The number of amides is 2. The Balaban J connectivity index is 1.37. The number of fused-ring (bicyclic) bond motifs is 1. The van der Waals surface area contributed by atoms with Crippen LogP contribution in [0, 0.1) is 5.82 Å². The first-order chi connectivity index (χ1) is 19.5. The lowest BCUT2D eigenvalue weighted by atomic mass is 9.99. The van der Waals surface area contributed by atoms with Crippen LogP contribution in [0.1, 0.15) is 40.4 Å². The molecule has 3 aromatic carbocycles. The lowest BCUT2D eigenvalue weighted by molar-refractivity contribution is -0.139. The van der Waals surface area contributed by atoms with Gasteiger partial charge in [0.15, 0.2) is 11.5 Å². The van der Waals surface area contributed by atoms with Gasteiger partial charge in [-0.1, -0.05) is 35.9 Å². The highest BCUT2D eigenvalue weighted by Gasteiger charge is 2.40. The van der Waals surface area contributed by atoms with Gasteiger partial charge < -0.3 is 19.9 Å². The maximum atomic E-state index is 14.5. The summed E-state index contributed by atoms with van der Waals surface area (Å²) in [5, 5.41) is 12.7. The molecule has 2 heterocycles. The van der Waals surface area contributed by atoms with E-state index in [2.05, 4.69) is 5.32 Å². The molecule has 0 spiro atoms. The molecule has 1 fully saturated rings. The van der Waals surface area contributed by atoms with Crippen molar-refractivity contribution in [2.45, 2.75) is 45.1 Å². The minimum Gasteiger partial charge on any atom is -0.504 e. The Morgan fingerprint density at radius 3 is 2.61 bits per heavy atom. The molecule has 5 rings (SSSR count). The van der Waals surface area contributed by atoms with Crippen LogP contribution in [0.25, 0.3) is 10.9 Å². The molecule has 41 heavy (non-hydrogen) atoms. The van der Waals surface area contributed by atoms with Crippen LogP contribution in [0.5, 0.6) is 5.75 Å². The molecular formula is C29H24ClF2N3O6. The number of hydrogen-bond donors (Lipinski definition) is 2. The van der Waals surface area contributed by atoms with Gasteiger partial charge >= 0.3 is 0 Å². The van der Waals surface area contributed by atoms with Crippen molar-refractivity contribution in [3.05, 3.63) is 96.1 Å². The Hall–Kier alpha value is -4.38. The molecule has 1 aliphatic heterocycles. The summed E-state index contributed by atoms with van der Waals surface area (Å²) in [7, 11) is 0. The van der Waals surface area contributed by atoms with E-state index in [0.29, 0.717) is 22.0 Å². The highest BCUT2D eigenvalue weighted by Crippen LogP contribution is 2.27. The molecule has 212 valence electrons. The monoisotopic (exact) mass is 583 g/mol. The molecule has 2 atom stereocenters. The van der Waals surface area contributed by atoms with E-state index in [1.807, 2.05) is 0 Å². The summed E-state index contributed by atoms with van der Waals surface area (Å²) < 4.78 is 30.2. The van der Waals surface area contributed by atoms with Crippen molar-refractivity contribution in [1.29, 1.82) is 0 Å². The van der Waals surface area contributed by atoms with Gasteiger partial charge in [-0.15, -0.1) is 0 Å². The number of aromatic hydroxyl groups is 1. The van der Waals surface area contributed by atoms with Crippen molar-refractivity contribution in [3.63, 3.8) is 0 Å². The number of hydrogen-bond acceptors (Lipinski definition) is 6. The number of rotatable bonds is 8. The van der Waals surface area contributed by atoms with Crippen molar-refractivity contribution >= 4 is 40.1 Å².